The molecule has 4 rings (SSSR count). The molecule has 1 aromatic heterocycles. The van der Waals surface area contributed by atoms with E-state index in [2.05, 4.69) is 15.2 Å². The van der Waals surface area contributed by atoms with Crippen LogP contribution in [0.25, 0.3) is 0 Å². The number of aromatic nitrogens is 1. The van der Waals surface area contributed by atoms with Crippen molar-refractivity contribution in [3.05, 3.63) is 64.9 Å². The Kier molecular flexibility index (Phi) is 8.06. The summed E-state index contributed by atoms with van der Waals surface area (Å²) in [6.07, 6.45) is 6.63. The second-order valence-electron chi connectivity index (χ2n) is 9.22. The summed E-state index contributed by atoms with van der Waals surface area (Å²) in [7, 11) is 0. The van der Waals surface area contributed by atoms with Gasteiger partial charge in [0.15, 0.2) is 0 Å². The largest absolute Gasteiger partial charge is 0.450 e. The third-order valence-corrected chi connectivity index (χ3v) is 7.34. The van der Waals surface area contributed by atoms with Crippen LogP contribution in [0, 0.1) is 5.41 Å². The zero-order valence-electron chi connectivity index (χ0n) is 19.7. The Morgan fingerprint density at radius 1 is 1.18 bits per heavy atom. The number of pyridine rings is 1. The van der Waals surface area contributed by atoms with Crippen molar-refractivity contribution >= 4 is 23.6 Å². The van der Waals surface area contributed by atoms with Gasteiger partial charge in [-0.3, -0.25) is 9.78 Å². The predicted octanol–water partition coefficient (Wildman–Crippen LogP) is 4.43. The normalized spacial score (nSPS) is 18.8. The molecule has 1 unspecified atom stereocenters. The molecule has 1 N–H and O–H groups in total. The third kappa shape index (κ3) is 5.88. The first-order valence-electron chi connectivity index (χ1n) is 12.1. The van der Waals surface area contributed by atoms with Gasteiger partial charge in [-0.15, -0.1) is 0 Å². The van der Waals surface area contributed by atoms with E-state index in [1.165, 1.54) is 0 Å². The minimum Gasteiger partial charge on any atom is -0.450 e. The maximum absolute atomic E-state index is 13.3. The molecule has 182 valence electrons. The predicted molar refractivity (Wildman–Crippen MR) is 131 cm³/mol. The Balaban J connectivity index is 1.31. The first kappa shape index (κ1) is 24.5. The number of benzene rings is 1. The summed E-state index contributed by atoms with van der Waals surface area (Å²) in [5.41, 5.74) is 1.85. The van der Waals surface area contributed by atoms with E-state index in [0.717, 1.165) is 63.0 Å². The highest BCUT2D eigenvalue weighted by molar-refractivity contribution is 6.30. The number of ether oxygens (including phenoxy) is 1. The van der Waals surface area contributed by atoms with Gasteiger partial charge in [-0.05, 0) is 75.0 Å². The fraction of sp³-hybridized carbons (Fsp3) is 0.500. The highest BCUT2D eigenvalue weighted by Crippen LogP contribution is 2.42. The molecular weight excluding hydrogens is 452 g/mol. The van der Waals surface area contributed by atoms with E-state index in [9.17, 15) is 9.59 Å². The molecule has 0 bridgehead atoms. The van der Waals surface area contributed by atoms with Crippen molar-refractivity contribution in [2.75, 3.05) is 32.8 Å². The zero-order chi connectivity index (χ0) is 24.0. The lowest BCUT2D eigenvalue weighted by molar-refractivity contribution is -0.138. The van der Waals surface area contributed by atoms with Crippen LogP contribution in [-0.4, -0.2) is 59.6 Å². The fourth-order valence-electron chi connectivity index (χ4n) is 5.07. The van der Waals surface area contributed by atoms with Gasteiger partial charge in [0.2, 0.25) is 5.91 Å². The van der Waals surface area contributed by atoms with Crippen molar-refractivity contribution in [3.63, 3.8) is 0 Å². The second-order valence-corrected chi connectivity index (χ2v) is 9.65. The highest BCUT2D eigenvalue weighted by atomic mass is 35.5. The molecule has 34 heavy (non-hydrogen) atoms. The number of carbonyl (C=O) groups excluding carboxylic acids is 2. The van der Waals surface area contributed by atoms with Crippen molar-refractivity contribution in [2.45, 2.75) is 45.2 Å². The second kappa shape index (κ2) is 11.2. The molecule has 0 aliphatic carbocycles. The standard InChI is InChI=1S/C26H33ClN4O3/c1-2-34-25(33)29-23(21-5-7-22(27)8-6-21)9-14-30-15-10-26(11-16-30)12-17-31(24(26)32)19-20-4-3-13-28-18-20/h3-8,13,18,23H,2,9-12,14-17,19H2,1H3,(H,29,33). The van der Waals surface area contributed by atoms with Crippen LogP contribution in [0.15, 0.2) is 48.8 Å². The van der Waals surface area contributed by atoms with Gasteiger partial charge in [-0.1, -0.05) is 29.8 Å². The number of piperidine rings is 1. The summed E-state index contributed by atoms with van der Waals surface area (Å²) < 4.78 is 5.10. The summed E-state index contributed by atoms with van der Waals surface area (Å²) in [6.45, 7) is 6.19. The van der Waals surface area contributed by atoms with Crippen LogP contribution in [0.5, 0.6) is 0 Å². The molecule has 3 heterocycles. The average Bonchev–Trinajstić information content (AvgIpc) is 3.14. The van der Waals surface area contributed by atoms with E-state index in [1.807, 2.05) is 47.5 Å². The van der Waals surface area contributed by atoms with Gasteiger partial charge in [0.25, 0.3) is 0 Å². The molecule has 7 nitrogen and oxygen atoms in total. The van der Waals surface area contributed by atoms with Crippen LogP contribution in [0.3, 0.4) is 0 Å². The minimum atomic E-state index is -0.412. The van der Waals surface area contributed by atoms with E-state index in [-0.39, 0.29) is 11.5 Å². The van der Waals surface area contributed by atoms with E-state index in [1.54, 1.807) is 13.1 Å². The molecular formula is C26H33ClN4O3. The van der Waals surface area contributed by atoms with Gasteiger partial charge in [0.05, 0.1) is 18.1 Å². The number of nitrogens with zero attached hydrogens (tertiary/aromatic N) is 3. The van der Waals surface area contributed by atoms with Gasteiger partial charge >= 0.3 is 6.09 Å². The lowest BCUT2D eigenvalue weighted by Gasteiger charge is -2.38. The monoisotopic (exact) mass is 484 g/mol. The number of halogens is 1. The van der Waals surface area contributed by atoms with Gasteiger partial charge < -0.3 is 19.9 Å². The van der Waals surface area contributed by atoms with Gasteiger partial charge in [-0.25, -0.2) is 4.79 Å². The fourth-order valence-corrected chi connectivity index (χ4v) is 5.19. The Morgan fingerprint density at radius 3 is 2.59 bits per heavy atom. The Morgan fingerprint density at radius 2 is 1.91 bits per heavy atom. The van der Waals surface area contributed by atoms with Gasteiger partial charge in [0, 0.05) is 37.1 Å². The van der Waals surface area contributed by atoms with Crippen LogP contribution in [0.2, 0.25) is 5.02 Å². The molecule has 2 fully saturated rings. The molecule has 0 radical (unpaired) electrons. The molecule has 2 saturated heterocycles. The maximum atomic E-state index is 13.3. The molecule has 1 spiro atoms. The van der Waals surface area contributed by atoms with E-state index in [0.29, 0.717) is 24.1 Å². The number of amides is 2. The highest BCUT2D eigenvalue weighted by Gasteiger charge is 2.47. The average molecular weight is 485 g/mol. The Bertz CT molecular complexity index is 962. The molecule has 2 aliphatic heterocycles. The van der Waals surface area contributed by atoms with Crippen molar-refractivity contribution in [2.24, 2.45) is 5.41 Å². The molecule has 2 aliphatic rings. The first-order valence-corrected chi connectivity index (χ1v) is 12.5. The summed E-state index contributed by atoms with van der Waals surface area (Å²) in [6, 6.07) is 11.3. The smallest absolute Gasteiger partial charge is 0.407 e. The SMILES string of the molecule is CCOC(=O)NC(CCN1CCC2(CC1)CCN(Cc1cccnc1)C2=O)c1ccc(Cl)cc1. The molecule has 2 aromatic rings. The van der Waals surface area contributed by atoms with E-state index >= 15 is 0 Å². The van der Waals surface area contributed by atoms with E-state index in [4.69, 9.17) is 16.3 Å². The maximum Gasteiger partial charge on any atom is 0.407 e. The first-order chi connectivity index (χ1) is 16.5. The van der Waals surface area contributed by atoms with Crippen LogP contribution in [0.4, 0.5) is 4.79 Å². The van der Waals surface area contributed by atoms with Crippen LogP contribution in [-0.2, 0) is 16.1 Å². The van der Waals surface area contributed by atoms with Crippen LogP contribution in [0.1, 0.15) is 49.8 Å². The lowest BCUT2D eigenvalue weighted by atomic mass is 9.77. The van der Waals surface area contributed by atoms with Gasteiger partial charge in [0.1, 0.15) is 0 Å². The van der Waals surface area contributed by atoms with Crippen molar-refractivity contribution < 1.29 is 14.3 Å². The summed E-state index contributed by atoms with van der Waals surface area (Å²) >= 11 is 6.04. The van der Waals surface area contributed by atoms with Crippen LogP contribution >= 0.6 is 11.6 Å². The Labute approximate surface area is 206 Å². The molecule has 0 saturated carbocycles. The number of nitrogens with one attached hydrogen (secondary N) is 1. The van der Waals surface area contributed by atoms with Crippen molar-refractivity contribution in [3.8, 4) is 0 Å². The van der Waals surface area contributed by atoms with Crippen molar-refractivity contribution in [1.82, 2.24) is 20.1 Å². The molecule has 1 atom stereocenters. The van der Waals surface area contributed by atoms with Crippen molar-refractivity contribution in [1.29, 1.82) is 0 Å². The number of hydrogen-bond donors (Lipinski definition) is 1. The number of hydrogen-bond acceptors (Lipinski definition) is 5. The molecule has 8 heteroatoms. The van der Waals surface area contributed by atoms with E-state index < -0.39 is 6.09 Å². The topological polar surface area (TPSA) is 74.8 Å². The number of likely N-dealkylation sites (tertiary alicyclic amines) is 2. The summed E-state index contributed by atoms with van der Waals surface area (Å²) in [5.74, 6) is 0.291. The van der Waals surface area contributed by atoms with Gasteiger partial charge in [-0.2, -0.15) is 0 Å². The third-order valence-electron chi connectivity index (χ3n) is 7.08. The quantitative estimate of drug-likeness (QED) is 0.600. The lowest BCUT2D eigenvalue weighted by Crippen LogP contribution is -2.45. The summed E-state index contributed by atoms with van der Waals surface area (Å²) in [4.78, 5) is 33.9. The Hall–Kier alpha value is -2.64. The molecule has 1 aromatic carbocycles. The molecule has 2 amide bonds. The number of rotatable bonds is 8. The number of alkyl carbamates (subject to hydrolysis) is 1. The summed E-state index contributed by atoms with van der Waals surface area (Å²) in [5, 5.41) is 3.65. The minimum absolute atomic E-state index is 0.157. The number of carbonyl (C=O) groups is 2. The zero-order valence-corrected chi connectivity index (χ0v) is 20.5. The van der Waals surface area contributed by atoms with Crippen LogP contribution < -0.4 is 5.32 Å².